The fourth-order valence-electron chi connectivity index (χ4n) is 2.40. The van der Waals surface area contributed by atoms with Crippen LogP contribution < -0.4 is 22.3 Å². The minimum Gasteiger partial charge on any atom is -0.394 e. The van der Waals surface area contributed by atoms with Crippen molar-refractivity contribution in [3.63, 3.8) is 0 Å². The number of aromatic amines is 1. The van der Waals surface area contributed by atoms with E-state index in [1.54, 1.807) is 6.92 Å². The Balaban J connectivity index is 2.19. The van der Waals surface area contributed by atoms with Crippen molar-refractivity contribution < 1.29 is 19.7 Å². The lowest BCUT2D eigenvalue weighted by molar-refractivity contribution is -0.124. The van der Waals surface area contributed by atoms with E-state index in [-0.39, 0.29) is 13.0 Å². The van der Waals surface area contributed by atoms with Gasteiger partial charge in [-0.15, -0.1) is 0 Å². The Morgan fingerprint density at radius 1 is 1.57 bits per heavy atom. The molecule has 1 fully saturated rings. The lowest BCUT2D eigenvalue weighted by Crippen LogP contribution is -2.50. The topological polar surface area (TPSA) is 160 Å². The number of nitrogens with one attached hydrogen (secondary N) is 2. The van der Waals surface area contributed by atoms with Crippen molar-refractivity contribution in [2.45, 2.75) is 37.8 Å². The van der Waals surface area contributed by atoms with E-state index in [0.717, 1.165) is 0 Å². The largest absolute Gasteiger partial charge is 0.394 e. The summed E-state index contributed by atoms with van der Waals surface area (Å²) >= 11 is 0. The van der Waals surface area contributed by atoms with E-state index in [9.17, 15) is 19.5 Å². The summed E-state index contributed by atoms with van der Waals surface area (Å²) in [7, 11) is 0. The van der Waals surface area contributed by atoms with Crippen molar-refractivity contribution in [3.05, 3.63) is 32.6 Å². The third-order valence-corrected chi connectivity index (χ3v) is 3.73. The van der Waals surface area contributed by atoms with Gasteiger partial charge in [0.2, 0.25) is 5.91 Å². The lowest BCUT2D eigenvalue weighted by atomic mass is 10.1. The number of rotatable bonds is 5. The minimum absolute atomic E-state index is 0.209. The van der Waals surface area contributed by atoms with Crippen LogP contribution in [0.1, 0.15) is 18.2 Å². The van der Waals surface area contributed by atoms with Crippen molar-refractivity contribution in [2.24, 2.45) is 5.73 Å². The number of aliphatic hydroxyl groups is 2. The van der Waals surface area contributed by atoms with Gasteiger partial charge >= 0.3 is 5.69 Å². The molecule has 2 heterocycles. The van der Waals surface area contributed by atoms with Crippen LogP contribution in [-0.2, 0) is 9.53 Å². The van der Waals surface area contributed by atoms with Crippen LogP contribution in [0, 0.1) is 6.92 Å². The number of carbonyl (C=O) groups excluding carboxylic acids is 1. The average Bonchev–Trinajstić information content (AvgIpc) is 2.92. The van der Waals surface area contributed by atoms with E-state index in [1.165, 1.54) is 10.8 Å². The van der Waals surface area contributed by atoms with Crippen molar-refractivity contribution >= 4 is 5.91 Å². The molecule has 0 aromatic carbocycles. The van der Waals surface area contributed by atoms with Crippen molar-refractivity contribution in [2.75, 3.05) is 13.2 Å². The zero-order chi connectivity index (χ0) is 17.1. The summed E-state index contributed by atoms with van der Waals surface area (Å²) in [4.78, 5) is 37.2. The molecule has 0 radical (unpaired) electrons. The molecule has 1 saturated heterocycles. The molecule has 6 N–H and O–H groups in total. The molecule has 0 aliphatic carbocycles. The Morgan fingerprint density at radius 3 is 2.87 bits per heavy atom. The van der Waals surface area contributed by atoms with Gasteiger partial charge in [0.25, 0.3) is 5.56 Å². The summed E-state index contributed by atoms with van der Waals surface area (Å²) in [6.07, 6.45) is 0.101. The zero-order valence-corrected chi connectivity index (χ0v) is 12.6. The van der Waals surface area contributed by atoms with E-state index in [2.05, 4.69) is 10.3 Å². The second-order valence-electron chi connectivity index (χ2n) is 5.43. The Labute approximate surface area is 130 Å². The number of hydrogen-bond donors (Lipinski definition) is 5. The van der Waals surface area contributed by atoms with E-state index < -0.39 is 48.2 Å². The monoisotopic (exact) mass is 328 g/mol. The van der Waals surface area contributed by atoms with Gasteiger partial charge in [-0.1, -0.05) is 0 Å². The SMILES string of the molecule is Cc1cn([C@H]2C[C@@H](NC(=O)C(N)CO)[C@@H](CO)O2)c(=O)[nH]c1=O. The molecule has 1 aromatic heterocycles. The first-order valence-corrected chi connectivity index (χ1v) is 7.12. The number of aliphatic hydroxyl groups excluding tert-OH is 2. The van der Waals surface area contributed by atoms with Crippen LogP contribution >= 0.6 is 0 Å². The predicted octanol–water partition coefficient (Wildman–Crippen LogP) is -3.07. The van der Waals surface area contributed by atoms with Crippen molar-refractivity contribution in [3.8, 4) is 0 Å². The number of amides is 1. The maximum Gasteiger partial charge on any atom is 0.330 e. The maximum atomic E-state index is 11.9. The number of nitrogens with zero attached hydrogens (tertiary/aromatic N) is 1. The molecular formula is C13H20N4O6. The third-order valence-electron chi connectivity index (χ3n) is 3.73. The second-order valence-corrected chi connectivity index (χ2v) is 5.43. The lowest BCUT2D eigenvalue weighted by Gasteiger charge is -2.19. The summed E-state index contributed by atoms with van der Waals surface area (Å²) < 4.78 is 6.78. The standard InChI is InChI=1S/C13H20N4O6/c1-6-3-17(13(22)16-11(6)20)10-2-8(9(5-19)23-10)15-12(21)7(14)4-18/h3,7-10,18-19H,2,4-5,14H2,1H3,(H,15,21)(H,16,20,22)/t7?,8-,9-,10-/m1/s1. The van der Waals surface area contributed by atoms with E-state index in [4.69, 9.17) is 15.6 Å². The van der Waals surface area contributed by atoms with Crippen molar-refractivity contribution in [1.29, 1.82) is 0 Å². The first kappa shape index (κ1) is 17.3. The molecule has 2 rings (SSSR count). The van der Waals surface area contributed by atoms with Gasteiger partial charge in [0.05, 0.1) is 19.3 Å². The van der Waals surface area contributed by atoms with E-state index in [1.807, 2.05) is 0 Å². The van der Waals surface area contributed by atoms with Crippen LogP contribution in [0.15, 0.2) is 15.8 Å². The molecule has 128 valence electrons. The number of nitrogens with two attached hydrogens (primary N) is 1. The first-order chi connectivity index (χ1) is 10.9. The van der Waals surface area contributed by atoms with Gasteiger partial charge in [0.15, 0.2) is 0 Å². The molecule has 4 atom stereocenters. The molecule has 23 heavy (non-hydrogen) atoms. The summed E-state index contributed by atoms with van der Waals surface area (Å²) in [5, 5.41) is 20.8. The Kier molecular flexibility index (Phi) is 5.31. The van der Waals surface area contributed by atoms with Crippen LogP contribution in [0.2, 0.25) is 0 Å². The second kappa shape index (κ2) is 7.04. The summed E-state index contributed by atoms with van der Waals surface area (Å²) in [6.45, 7) is 0.672. The summed E-state index contributed by atoms with van der Waals surface area (Å²) in [5.41, 5.74) is 4.64. The zero-order valence-electron chi connectivity index (χ0n) is 12.6. The molecule has 10 heteroatoms. The summed E-state index contributed by atoms with van der Waals surface area (Å²) in [5.74, 6) is -0.579. The highest BCUT2D eigenvalue weighted by Crippen LogP contribution is 2.27. The molecule has 0 saturated carbocycles. The molecule has 1 aliphatic heterocycles. The smallest absolute Gasteiger partial charge is 0.330 e. The fraction of sp³-hybridized carbons (Fsp3) is 0.615. The highest BCUT2D eigenvalue weighted by molar-refractivity contribution is 5.81. The maximum absolute atomic E-state index is 11.9. The average molecular weight is 328 g/mol. The molecule has 1 aliphatic rings. The van der Waals surface area contributed by atoms with Crippen molar-refractivity contribution in [1.82, 2.24) is 14.9 Å². The Morgan fingerprint density at radius 2 is 2.26 bits per heavy atom. The Hall–Kier alpha value is -2.01. The minimum atomic E-state index is -1.08. The molecule has 10 nitrogen and oxygen atoms in total. The first-order valence-electron chi connectivity index (χ1n) is 7.12. The van der Waals surface area contributed by atoms with E-state index in [0.29, 0.717) is 5.56 Å². The molecule has 0 spiro atoms. The number of aromatic nitrogens is 2. The number of aryl methyl sites for hydroxylation is 1. The quantitative estimate of drug-likeness (QED) is 0.383. The molecular weight excluding hydrogens is 308 g/mol. The van der Waals surface area contributed by atoms with Crippen LogP contribution in [0.3, 0.4) is 0 Å². The number of hydrogen-bond acceptors (Lipinski definition) is 7. The third kappa shape index (κ3) is 3.67. The van der Waals surface area contributed by atoms with Crippen LogP contribution in [0.5, 0.6) is 0 Å². The van der Waals surface area contributed by atoms with Crippen LogP contribution in [0.25, 0.3) is 0 Å². The van der Waals surface area contributed by atoms with Gasteiger partial charge in [-0.3, -0.25) is 19.1 Å². The van der Waals surface area contributed by atoms with Gasteiger partial charge in [-0.25, -0.2) is 4.79 Å². The highest BCUT2D eigenvalue weighted by Gasteiger charge is 2.37. The fourth-order valence-corrected chi connectivity index (χ4v) is 2.40. The van der Waals surface area contributed by atoms with E-state index >= 15 is 0 Å². The van der Waals surface area contributed by atoms with Gasteiger partial charge in [0.1, 0.15) is 18.4 Å². The highest BCUT2D eigenvalue weighted by atomic mass is 16.5. The van der Waals surface area contributed by atoms with Crippen LogP contribution in [0.4, 0.5) is 0 Å². The molecule has 1 unspecified atom stereocenters. The van der Waals surface area contributed by atoms with Crippen LogP contribution in [-0.4, -0.2) is 57.1 Å². The molecule has 1 aromatic rings. The van der Waals surface area contributed by atoms with Gasteiger partial charge in [-0.05, 0) is 6.92 Å². The van der Waals surface area contributed by atoms with Gasteiger partial charge in [-0.2, -0.15) is 0 Å². The predicted molar refractivity (Wildman–Crippen MR) is 78.7 cm³/mol. The number of ether oxygens (including phenoxy) is 1. The normalized spacial score (nSPS) is 25.3. The number of carbonyl (C=O) groups is 1. The van der Waals surface area contributed by atoms with Gasteiger partial charge in [0, 0.05) is 18.2 Å². The Bertz CT molecular complexity index is 684. The molecule has 1 amide bonds. The van der Waals surface area contributed by atoms with Gasteiger partial charge < -0.3 is 26.0 Å². The number of H-pyrrole nitrogens is 1. The summed E-state index contributed by atoms with van der Waals surface area (Å²) in [6, 6.07) is -1.65. The molecule has 0 bridgehead atoms.